The van der Waals surface area contributed by atoms with Crippen molar-refractivity contribution >= 4 is 57.7 Å². The summed E-state index contributed by atoms with van der Waals surface area (Å²) in [6, 6.07) is 20.3. The van der Waals surface area contributed by atoms with Crippen LogP contribution in [-0.2, 0) is 19.2 Å². The first-order valence-corrected chi connectivity index (χ1v) is 18.3. The Balaban J connectivity index is 0.00000496. The Morgan fingerprint density at radius 2 is 1.24 bits per heavy atom. The number of carboxylic acids is 4. The predicted octanol–water partition coefficient (Wildman–Crippen LogP) is -13.0. The third-order valence-electron chi connectivity index (χ3n) is 9.16. The average molecular weight is 964 g/mol. The van der Waals surface area contributed by atoms with Crippen LogP contribution < -0.4 is 260 Å². The van der Waals surface area contributed by atoms with Gasteiger partial charge < -0.3 is 73.9 Å². The Labute approximate surface area is 534 Å². The maximum Gasteiger partial charge on any atom is 1.00 e. The van der Waals surface area contributed by atoms with Crippen LogP contribution in [0.25, 0.3) is 39.2 Å². The smallest absolute Gasteiger partial charge is 0.677 e. The Bertz CT molecular complexity index is 2430. The van der Waals surface area contributed by atoms with Crippen molar-refractivity contribution in [3.8, 4) is 33.9 Å². The molecular formula is C42H41K4N5O12. The van der Waals surface area contributed by atoms with Gasteiger partial charge in [0.15, 0.2) is 5.78 Å². The van der Waals surface area contributed by atoms with Crippen LogP contribution in [0.5, 0.6) is 11.5 Å². The molecule has 0 atom stereocenters. The van der Waals surface area contributed by atoms with Crippen LogP contribution in [0.1, 0.15) is 16.8 Å². The second-order valence-corrected chi connectivity index (χ2v) is 13.8. The van der Waals surface area contributed by atoms with Crippen molar-refractivity contribution in [1.29, 1.82) is 0 Å². The zero-order valence-corrected chi connectivity index (χ0v) is 49.3. The summed E-state index contributed by atoms with van der Waals surface area (Å²) >= 11 is 0. The molecule has 1 aliphatic carbocycles. The fraction of sp³-hybridized carbons (Fsp3) is 0.286. The van der Waals surface area contributed by atoms with Crippen molar-refractivity contribution in [2.24, 2.45) is 0 Å². The quantitative estimate of drug-likeness (QED) is 0.0231. The topological polar surface area (TPSA) is 246 Å². The number of nitrogens with one attached hydrogen (secondary N) is 1. The van der Waals surface area contributed by atoms with Crippen LogP contribution in [0.3, 0.4) is 0 Å². The molecule has 0 aromatic heterocycles. The van der Waals surface area contributed by atoms with E-state index >= 15 is 0 Å². The Hall–Kier alpha value is -0.595. The zero-order chi connectivity index (χ0) is 43.0. The van der Waals surface area contributed by atoms with E-state index in [1.165, 1.54) is 24.3 Å². The monoisotopic (exact) mass is 963 g/mol. The summed E-state index contributed by atoms with van der Waals surface area (Å²) in [4.78, 5) is 63.2. The molecule has 310 valence electrons. The average Bonchev–Trinajstić information content (AvgIpc) is 3.16. The summed E-state index contributed by atoms with van der Waals surface area (Å²) in [6.45, 7) is -4.15. The molecule has 0 amide bonds. The summed E-state index contributed by atoms with van der Waals surface area (Å²) in [5.74, 6) is -6.19. The number of rotatable bonds is 20. The van der Waals surface area contributed by atoms with E-state index in [0.29, 0.717) is 16.9 Å². The Morgan fingerprint density at radius 1 is 0.667 bits per heavy atom. The van der Waals surface area contributed by atoms with Crippen molar-refractivity contribution in [3.05, 3.63) is 89.5 Å². The summed E-state index contributed by atoms with van der Waals surface area (Å²) in [5, 5.41) is 48.4. The number of carbonyl (C=O) groups excluding carboxylic acids is 5. The summed E-state index contributed by atoms with van der Waals surface area (Å²) < 4.78 is 20.5. The van der Waals surface area contributed by atoms with Crippen molar-refractivity contribution < 1.29 is 264 Å². The number of carboxylic acid groups (broad SMARTS) is 4. The first-order valence-electron chi connectivity index (χ1n) is 18.3. The van der Waals surface area contributed by atoms with Gasteiger partial charge in [-0.15, -0.1) is 6.54 Å². The minimum absolute atomic E-state index is 0. The first kappa shape index (κ1) is 60.4. The van der Waals surface area contributed by atoms with Crippen LogP contribution in [0.4, 0.5) is 17.1 Å². The number of benzene rings is 4. The number of hydrogen-bond donors (Lipinski definition) is 0. The van der Waals surface area contributed by atoms with Crippen molar-refractivity contribution in [2.45, 2.75) is 6.42 Å². The molecule has 5 rings (SSSR count). The molecule has 21 heteroatoms. The molecule has 17 nitrogen and oxygen atoms in total. The molecule has 0 saturated carbocycles. The first-order chi connectivity index (χ1) is 28.1. The standard InChI is InChI=1S/C42H45N5O12.4K/c1-44(2)27-7-9-29-35(19-27)59-36-20-28(45(3)4)8-10-30(36)42(29)26-5-11-31(46(21-38(49)50)22-39(51)52)37(18-26)58-16-15-57-34-12-6-25(33(48)13-14-43)17-32(34)47(23-40(53)54)24-41(55)56;;;;/h5-12,17-20,43H,13-16,21-24H2,1-4H3,(H,49,50)(H,51,52)(H,53,54)(H,55,56);;;;/q;4*+1/p-4. The van der Waals surface area contributed by atoms with Gasteiger partial charge in [-0.05, 0) is 60.5 Å². The predicted molar refractivity (Wildman–Crippen MR) is 210 cm³/mol. The van der Waals surface area contributed by atoms with E-state index in [0.717, 1.165) is 37.4 Å². The van der Waals surface area contributed by atoms with E-state index < -0.39 is 55.8 Å². The molecule has 1 aliphatic heterocycles. The van der Waals surface area contributed by atoms with Gasteiger partial charge in [-0.3, -0.25) is 4.79 Å². The number of anilines is 3. The van der Waals surface area contributed by atoms with Gasteiger partial charge in [0, 0.05) is 54.0 Å². The molecule has 0 saturated heterocycles. The molecule has 0 bridgehead atoms. The largest absolute Gasteiger partial charge is 1.00 e. The number of carbonyl (C=O) groups is 5. The molecule has 3 aromatic carbocycles. The van der Waals surface area contributed by atoms with Crippen LogP contribution in [0.15, 0.2) is 77.2 Å². The number of hydrogen-bond acceptors (Lipinski definition) is 15. The molecule has 0 spiro atoms. The number of aliphatic carboxylic acids is 4. The minimum Gasteiger partial charge on any atom is -0.677 e. The molecule has 3 aromatic rings. The van der Waals surface area contributed by atoms with E-state index in [9.17, 15) is 44.4 Å². The summed E-state index contributed by atoms with van der Waals surface area (Å²) in [5.41, 5.74) is 11.0. The molecule has 1 heterocycles. The third-order valence-corrected chi connectivity index (χ3v) is 9.16. The number of ketones is 1. The molecule has 63 heavy (non-hydrogen) atoms. The summed E-state index contributed by atoms with van der Waals surface area (Å²) in [7, 11) is 7.61. The van der Waals surface area contributed by atoms with E-state index in [-0.39, 0.29) is 260 Å². The van der Waals surface area contributed by atoms with Crippen LogP contribution in [0, 0.1) is 0 Å². The minimum atomic E-state index is -1.61. The molecule has 1 N–H and O–H groups in total. The van der Waals surface area contributed by atoms with Crippen LogP contribution >= 0.6 is 0 Å². The van der Waals surface area contributed by atoms with Crippen LogP contribution in [-0.4, -0.2) is 104 Å². The van der Waals surface area contributed by atoms with Gasteiger partial charge in [-0.25, -0.2) is 4.58 Å². The normalized spacial score (nSPS) is 10.2. The van der Waals surface area contributed by atoms with E-state index in [2.05, 4.69) is 0 Å². The zero-order valence-electron chi connectivity index (χ0n) is 36.8. The molecule has 2 aliphatic rings. The Kier molecular flexibility index (Phi) is 27.5. The fourth-order valence-corrected chi connectivity index (χ4v) is 6.48. The van der Waals surface area contributed by atoms with Gasteiger partial charge >= 0.3 is 206 Å². The van der Waals surface area contributed by atoms with E-state index in [1.807, 2.05) is 74.1 Å². The van der Waals surface area contributed by atoms with Gasteiger partial charge in [0.05, 0.1) is 67.5 Å². The van der Waals surface area contributed by atoms with E-state index in [1.54, 1.807) is 12.1 Å². The SMILES string of the molecule is CN(C)c1ccc2c(-c3ccc(N(CC(=O)[O-])CC(=O)[O-])c(OCCOc4ccc(C(=O)CC[NH-])cc4N(CC(=O)[O-])CC(=O)[O-])c3)c3ccc(=[N+](C)C)cc-3oc2c1.[K+].[K+].[K+].[K+]. The maximum absolute atomic E-state index is 12.6. The van der Waals surface area contributed by atoms with Gasteiger partial charge in [0.2, 0.25) is 5.36 Å². The number of Topliss-reactive ketones (excluding diaryl/α,β-unsaturated/α-hetero) is 1. The molecule has 0 fully saturated rings. The Morgan fingerprint density at radius 3 is 1.78 bits per heavy atom. The molecule has 0 unspecified atom stereocenters. The number of fused-ring (bicyclic) bond motifs is 2. The number of nitrogens with zero attached hydrogens (tertiary/aromatic N) is 4. The molecular weight excluding hydrogens is 923 g/mol. The van der Waals surface area contributed by atoms with Gasteiger partial charge in [0.1, 0.15) is 50.2 Å². The molecule has 0 radical (unpaired) electrons. The van der Waals surface area contributed by atoms with Crippen LogP contribution in [0.2, 0.25) is 0 Å². The second kappa shape index (κ2) is 28.7. The van der Waals surface area contributed by atoms with Crippen molar-refractivity contribution in [2.75, 3.05) is 88.8 Å². The second-order valence-electron chi connectivity index (χ2n) is 13.8. The van der Waals surface area contributed by atoms with Gasteiger partial charge in [-0.1, -0.05) is 6.07 Å². The van der Waals surface area contributed by atoms with Gasteiger partial charge in [-0.2, -0.15) is 0 Å². The summed E-state index contributed by atoms with van der Waals surface area (Å²) in [6.07, 6.45) is -0.139. The van der Waals surface area contributed by atoms with Crippen molar-refractivity contribution in [3.63, 3.8) is 0 Å². The number of ether oxygens (including phenoxy) is 2. The third kappa shape index (κ3) is 16.8. The van der Waals surface area contributed by atoms with Gasteiger partial charge in [0.25, 0.3) is 0 Å². The van der Waals surface area contributed by atoms with E-state index in [4.69, 9.17) is 19.6 Å². The fourth-order valence-electron chi connectivity index (χ4n) is 6.48. The van der Waals surface area contributed by atoms with Crippen molar-refractivity contribution in [1.82, 2.24) is 4.58 Å². The maximum atomic E-state index is 12.6.